The van der Waals surface area contributed by atoms with Crippen LogP contribution >= 0.6 is 39.1 Å². The van der Waals surface area contributed by atoms with Gasteiger partial charge in [0, 0.05) is 33.5 Å². The highest BCUT2D eigenvalue weighted by atomic mass is 79.9. The molecule has 0 heterocycles. The van der Waals surface area contributed by atoms with Crippen LogP contribution in [0.15, 0.2) is 77.3 Å². The minimum Gasteiger partial charge on any atom is -0.352 e. The second-order valence-corrected chi connectivity index (χ2v) is 14.1. The molecule has 0 unspecified atom stereocenters. The lowest BCUT2D eigenvalue weighted by molar-refractivity contribution is -0.140. The third-order valence-electron chi connectivity index (χ3n) is 7.38. The Bertz CT molecular complexity index is 1500. The lowest BCUT2D eigenvalue weighted by Gasteiger charge is -2.35. The lowest BCUT2D eigenvalue weighted by Crippen LogP contribution is -2.55. The van der Waals surface area contributed by atoms with Crippen molar-refractivity contribution >= 4 is 66.7 Å². The molecule has 224 valence electrons. The van der Waals surface area contributed by atoms with Crippen LogP contribution in [0.25, 0.3) is 0 Å². The van der Waals surface area contributed by atoms with E-state index in [1.54, 1.807) is 42.5 Å². The van der Waals surface area contributed by atoms with Gasteiger partial charge in [-0.15, -0.1) is 0 Å². The van der Waals surface area contributed by atoms with Crippen LogP contribution in [-0.4, -0.2) is 50.0 Å². The summed E-state index contributed by atoms with van der Waals surface area (Å²) < 4.78 is 27.5. The monoisotopic (exact) mass is 693 g/mol. The average Bonchev–Trinajstić information content (AvgIpc) is 2.95. The van der Waals surface area contributed by atoms with Gasteiger partial charge in [-0.2, -0.15) is 0 Å². The van der Waals surface area contributed by atoms with Crippen LogP contribution in [-0.2, 0) is 32.6 Å². The van der Waals surface area contributed by atoms with Gasteiger partial charge in [0.05, 0.1) is 11.9 Å². The SMILES string of the molecule is CS(=O)(=O)N(CC(=O)N(Cc1ccc(Cl)cc1Cl)[C@H](Cc1ccccc1)C(=O)NC1CCCCC1)c1ccccc1Br. The number of amides is 2. The number of benzene rings is 3. The van der Waals surface area contributed by atoms with E-state index in [9.17, 15) is 18.0 Å². The molecule has 1 fully saturated rings. The minimum absolute atomic E-state index is 0.0159. The van der Waals surface area contributed by atoms with Gasteiger partial charge in [-0.25, -0.2) is 8.42 Å². The zero-order chi connectivity index (χ0) is 30.3. The van der Waals surface area contributed by atoms with Crippen LogP contribution in [0, 0.1) is 0 Å². The number of rotatable bonds is 11. The highest BCUT2D eigenvalue weighted by Crippen LogP contribution is 2.29. The van der Waals surface area contributed by atoms with Gasteiger partial charge in [-0.05, 0) is 64.2 Å². The Morgan fingerprint density at radius 2 is 1.64 bits per heavy atom. The lowest BCUT2D eigenvalue weighted by atomic mass is 9.94. The first-order valence-electron chi connectivity index (χ1n) is 13.8. The van der Waals surface area contributed by atoms with Gasteiger partial charge in [-0.3, -0.25) is 13.9 Å². The van der Waals surface area contributed by atoms with Crippen molar-refractivity contribution in [1.29, 1.82) is 0 Å². The summed E-state index contributed by atoms with van der Waals surface area (Å²) in [6.07, 6.45) is 6.26. The third kappa shape index (κ3) is 8.72. The highest BCUT2D eigenvalue weighted by Gasteiger charge is 2.34. The molecule has 4 rings (SSSR count). The highest BCUT2D eigenvalue weighted by molar-refractivity contribution is 9.10. The normalized spacial score (nSPS) is 14.7. The van der Waals surface area contributed by atoms with E-state index in [0.717, 1.165) is 48.2 Å². The predicted molar refractivity (Wildman–Crippen MR) is 172 cm³/mol. The molecule has 0 aliphatic heterocycles. The van der Waals surface area contributed by atoms with Crippen LogP contribution in [0.4, 0.5) is 5.69 Å². The molecule has 11 heteroatoms. The topological polar surface area (TPSA) is 86.8 Å². The molecular weight excluding hydrogens is 661 g/mol. The van der Waals surface area contributed by atoms with Crippen LogP contribution in [0.1, 0.15) is 43.2 Å². The van der Waals surface area contributed by atoms with E-state index in [1.165, 1.54) is 4.90 Å². The molecule has 3 aromatic rings. The molecule has 2 amide bonds. The molecule has 0 saturated heterocycles. The Morgan fingerprint density at radius 3 is 2.29 bits per heavy atom. The van der Waals surface area contributed by atoms with Gasteiger partial charge in [0.2, 0.25) is 21.8 Å². The molecule has 1 aliphatic rings. The summed E-state index contributed by atoms with van der Waals surface area (Å²) >= 11 is 16.1. The maximum absolute atomic E-state index is 14.3. The van der Waals surface area contributed by atoms with Gasteiger partial charge in [0.1, 0.15) is 12.6 Å². The second-order valence-electron chi connectivity index (χ2n) is 10.5. The summed E-state index contributed by atoms with van der Waals surface area (Å²) in [6, 6.07) is 20.3. The predicted octanol–water partition coefficient (Wildman–Crippen LogP) is 6.61. The first-order chi connectivity index (χ1) is 20.0. The summed E-state index contributed by atoms with van der Waals surface area (Å²) in [5.41, 5.74) is 1.78. The summed E-state index contributed by atoms with van der Waals surface area (Å²) in [7, 11) is -3.87. The molecule has 0 aromatic heterocycles. The van der Waals surface area contributed by atoms with E-state index in [0.29, 0.717) is 25.8 Å². The fraction of sp³-hybridized carbons (Fsp3) is 0.355. The molecule has 1 N–H and O–H groups in total. The molecule has 42 heavy (non-hydrogen) atoms. The zero-order valence-electron chi connectivity index (χ0n) is 23.3. The first kappa shape index (κ1) is 32.3. The van der Waals surface area contributed by atoms with Gasteiger partial charge >= 0.3 is 0 Å². The molecule has 1 aliphatic carbocycles. The molecule has 1 saturated carbocycles. The number of sulfonamides is 1. The van der Waals surface area contributed by atoms with Crippen molar-refractivity contribution in [2.45, 2.75) is 57.2 Å². The molecule has 0 spiro atoms. The fourth-order valence-electron chi connectivity index (χ4n) is 5.18. The molecule has 0 radical (unpaired) electrons. The van der Waals surface area contributed by atoms with E-state index < -0.39 is 28.5 Å². The molecular formula is C31H34BrCl2N3O4S. The standard InChI is InChI=1S/C31H34BrCl2N3O4S/c1-42(40,41)37(28-15-9-8-14-26(28)32)21-30(38)36(20-23-16-17-24(33)19-27(23)34)29(18-22-10-4-2-5-11-22)31(39)35-25-12-6-3-7-13-25/h2,4-5,8-11,14-17,19,25,29H,3,6-7,12-13,18,20-21H2,1H3,(H,35,39)/t29-/m1/s1. The zero-order valence-corrected chi connectivity index (χ0v) is 27.2. The van der Waals surface area contributed by atoms with Crippen LogP contribution < -0.4 is 9.62 Å². The average molecular weight is 696 g/mol. The van der Waals surface area contributed by atoms with E-state index in [1.807, 2.05) is 30.3 Å². The summed E-state index contributed by atoms with van der Waals surface area (Å²) in [5, 5.41) is 3.97. The van der Waals surface area contributed by atoms with Crippen LogP contribution in [0.3, 0.4) is 0 Å². The van der Waals surface area contributed by atoms with Crippen molar-refractivity contribution in [3.63, 3.8) is 0 Å². The van der Waals surface area contributed by atoms with Gasteiger partial charge < -0.3 is 10.2 Å². The third-order valence-corrected chi connectivity index (χ3v) is 9.76. The van der Waals surface area contributed by atoms with Crippen molar-refractivity contribution < 1.29 is 18.0 Å². The minimum atomic E-state index is -3.87. The largest absolute Gasteiger partial charge is 0.352 e. The number of hydrogen-bond acceptors (Lipinski definition) is 4. The van der Waals surface area contributed by atoms with Crippen LogP contribution in [0.5, 0.6) is 0 Å². The van der Waals surface area contributed by atoms with E-state index >= 15 is 0 Å². The van der Waals surface area contributed by atoms with E-state index in [4.69, 9.17) is 23.2 Å². The Balaban J connectivity index is 1.75. The first-order valence-corrected chi connectivity index (χ1v) is 17.2. The van der Waals surface area contributed by atoms with Crippen molar-refractivity contribution in [1.82, 2.24) is 10.2 Å². The van der Waals surface area contributed by atoms with Gasteiger partial charge in [0.25, 0.3) is 0 Å². The number of para-hydroxylation sites is 1. The molecule has 7 nitrogen and oxygen atoms in total. The van der Waals surface area contributed by atoms with Gasteiger partial charge in [-0.1, -0.05) is 91.0 Å². The molecule has 0 bridgehead atoms. The van der Waals surface area contributed by atoms with Crippen molar-refractivity contribution in [3.05, 3.63) is 98.4 Å². The van der Waals surface area contributed by atoms with E-state index in [-0.39, 0.29) is 24.9 Å². The Kier molecular flexibility index (Phi) is 11.3. The smallest absolute Gasteiger partial charge is 0.244 e. The maximum atomic E-state index is 14.3. The summed E-state index contributed by atoms with van der Waals surface area (Å²) in [5.74, 6) is -0.821. The van der Waals surface area contributed by atoms with Crippen LogP contribution in [0.2, 0.25) is 10.0 Å². The quantitative estimate of drug-likeness (QED) is 0.245. The Hall–Kier alpha value is -2.59. The molecule has 1 atom stereocenters. The fourth-order valence-corrected chi connectivity index (χ4v) is 7.13. The number of carbonyl (C=O) groups is 2. The second kappa shape index (κ2) is 14.7. The molecule has 3 aromatic carbocycles. The number of nitrogens with zero attached hydrogens (tertiary/aromatic N) is 2. The number of nitrogens with one attached hydrogen (secondary N) is 1. The van der Waals surface area contributed by atoms with Crippen molar-refractivity contribution in [2.75, 3.05) is 17.1 Å². The van der Waals surface area contributed by atoms with E-state index in [2.05, 4.69) is 21.2 Å². The summed E-state index contributed by atoms with van der Waals surface area (Å²) in [4.78, 5) is 29.7. The van der Waals surface area contributed by atoms with Gasteiger partial charge in [0.15, 0.2) is 0 Å². The number of halogens is 3. The van der Waals surface area contributed by atoms with Crippen molar-refractivity contribution in [2.24, 2.45) is 0 Å². The Labute approximate surface area is 266 Å². The number of anilines is 1. The Morgan fingerprint density at radius 1 is 0.976 bits per heavy atom. The number of carbonyl (C=O) groups excluding carboxylic acids is 2. The van der Waals surface area contributed by atoms with Crippen molar-refractivity contribution in [3.8, 4) is 0 Å². The maximum Gasteiger partial charge on any atom is 0.244 e. The summed E-state index contributed by atoms with van der Waals surface area (Å²) in [6.45, 7) is -0.521. The number of hydrogen-bond donors (Lipinski definition) is 1.